The first-order valence-electron chi connectivity index (χ1n) is 8.92. The number of benzene rings is 2. The molecule has 2 aromatic carbocycles. The Bertz CT molecular complexity index is 926. The standard InChI is InChI=1S/C21H18Cl2N2O3/c22-16-9-8-15(10-17(16)23)24-21(26)25-18-12-28-19-14(11-27-20(18)19)7-6-13-4-2-1-3-5-13/h1-5,8-10,14,18-20H,11-12H2,(H2,24,25,26)/t14-,18+,19?,20?/m1/s1. The molecule has 144 valence electrons. The van der Waals surface area contributed by atoms with E-state index in [0.29, 0.717) is 28.9 Å². The molecule has 5 nitrogen and oxygen atoms in total. The Morgan fingerprint density at radius 3 is 2.57 bits per heavy atom. The van der Waals surface area contributed by atoms with Gasteiger partial charge in [-0.2, -0.15) is 0 Å². The van der Waals surface area contributed by atoms with E-state index in [1.165, 1.54) is 0 Å². The highest BCUT2D eigenvalue weighted by molar-refractivity contribution is 6.42. The highest BCUT2D eigenvalue weighted by atomic mass is 35.5. The van der Waals surface area contributed by atoms with Gasteiger partial charge in [-0.05, 0) is 30.3 Å². The number of anilines is 1. The topological polar surface area (TPSA) is 59.6 Å². The summed E-state index contributed by atoms with van der Waals surface area (Å²) in [6, 6.07) is 14.1. The Balaban J connectivity index is 1.35. The van der Waals surface area contributed by atoms with Gasteiger partial charge in [0.05, 0.1) is 35.2 Å². The minimum absolute atomic E-state index is 0.0184. The summed E-state index contributed by atoms with van der Waals surface area (Å²) >= 11 is 11.9. The molecule has 28 heavy (non-hydrogen) atoms. The number of fused-ring (bicyclic) bond motifs is 1. The van der Waals surface area contributed by atoms with Gasteiger partial charge < -0.3 is 20.1 Å². The zero-order chi connectivity index (χ0) is 19.5. The molecule has 0 radical (unpaired) electrons. The van der Waals surface area contributed by atoms with Crippen molar-refractivity contribution in [2.45, 2.75) is 18.2 Å². The maximum absolute atomic E-state index is 12.3. The first-order valence-corrected chi connectivity index (χ1v) is 9.68. The van der Waals surface area contributed by atoms with E-state index in [4.69, 9.17) is 32.7 Å². The first-order chi connectivity index (χ1) is 13.6. The zero-order valence-corrected chi connectivity index (χ0v) is 16.3. The van der Waals surface area contributed by atoms with Crippen LogP contribution in [0.4, 0.5) is 10.5 Å². The van der Waals surface area contributed by atoms with E-state index >= 15 is 0 Å². The Kier molecular flexibility index (Phi) is 5.74. The lowest BCUT2D eigenvalue weighted by Gasteiger charge is -2.18. The highest BCUT2D eigenvalue weighted by Gasteiger charge is 2.47. The second-order valence-corrected chi connectivity index (χ2v) is 7.49. The summed E-state index contributed by atoms with van der Waals surface area (Å²) in [6.45, 7) is 0.870. The second-order valence-electron chi connectivity index (χ2n) is 6.67. The fourth-order valence-corrected chi connectivity index (χ4v) is 3.65. The van der Waals surface area contributed by atoms with Crippen LogP contribution >= 0.6 is 23.2 Å². The Labute approximate surface area is 173 Å². The van der Waals surface area contributed by atoms with Crippen LogP contribution in [0.25, 0.3) is 0 Å². The quantitative estimate of drug-likeness (QED) is 0.728. The summed E-state index contributed by atoms with van der Waals surface area (Å²) < 4.78 is 11.7. The van der Waals surface area contributed by atoms with Crippen LogP contribution in [-0.4, -0.2) is 37.5 Å². The van der Waals surface area contributed by atoms with Crippen LogP contribution in [0.2, 0.25) is 10.0 Å². The van der Waals surface area contributed by atoms with Gasteiger partial charge in [0.15, 0.2) is 0 Å². The van der Waals surface area contributed by atoms with Crippen molar-refractivity contribution in [1.29, 1.82) is 0 Å². The molecule has 0 aliphatic carbocycles. The minimum atomic E-state index is -0.352. The van der Waals surface area contributed by atoms with E-state index in [1.54, 1.807) is 18.2 Å². The fraction of sp³-hybridized carbons (Fsp3) is 0.286. The van der Waals surface area contributed by atoms with Crippen LogP contribution in [0.1, 0.15) is 5.56 Å². The number of hydrogen-bond donors (Lipinski definition) is 2. The fourth-order valence-electron chi connectivity index (χ4n) is 3.35. The van der Waals surface area contributed by atoms with Crippen LogP contribution in [0, 0.1) is 17.8 Å². The molecule has 2 aliphatic heterocycles. The average molecular weight is 417 g/mol. The van der Waals surface area contributed by atoms with Crippen molar-refractivity contribution in [3.05, 3.63) is 64.1 Å². The third-order valence-electron chi connectivity index (χ3n) is 4.72. The van der Waals surface area contributed by atoms with E-state index < -0.39 is 0 Å². The molecule has 0 spiro atoms. The maximum Gasteiger partial charge on any atom is 0.319 e. The van der Waals surface area contributed by atoms with Crippen LogP contribution in [0.15, 0.2) is 48.5 Å². The van der Waals surface area contributed by atoms with Gasteiger partial charge in [0.1, 0.15) is 12.2 Å². The Morgan fingerprint density at radius 1 is 1.00 bits per heavy atom. The van der Waals surface area contributed by atoms with E-state index in [-0.39, 0.29) is 30.2 Å². The number of nitrogens with one attached hydrogen (secondary N) is 2. The van der Waals surface area contributed by atoms with Crippen molar-refractivity contribution < 1.29 is 14.3 Å². The lowest BCUT2D eigenvalue weighted by Crippen LogP contribution is -2.45. The molecule has 4 atom stereocenters. The molecule has 7 heteroatoms. The van der Waals surface area contributed by atoms with Gasteiger partial charge >= 0.3 is 6.03 Å². The molecule has 0 aromatic heterocycles. The number of rotatable bonds is 2. The third kappa shape index (κ3) is 4.26. The van der Waals surface area contributed by atoms with Crippen molar-refractivity contribution >= 4 is 34.9 Å². The molecule has 4 rings (SSSR count). The molecule has 2 amide bonds. The molecular weight excluding hydrogens is 399 g/mol. The van der Waals surface area contributed by atoms with E-state index in [0.717, 1.165) is 5.56 Å². The second kappa shape index (κ2) is 8.42. The third-order valence-corrected chi connectivity index (χ3v) is 5.46. The van der Waals surface area contributed by atoms with Gasteiger partial charge in [0, 0.05) is 11.3 Å². The average Bonchev–Trinajstić information content (AvgIpc) is 3.27. The molecule has 2 aromatic rings. The summed E-state index contributed by atoms with van der Waals surface area (Å²) in [5, 5.41) is 6.45. The van der Waals surface area contributed by atoms with Gasteiger partial charge in [0.25, 0.3) is 0 Å². The lowest BCUT2D eigenvalue weighted by atomic mass is 10.0. The van der Waals surface area contributed by atoms with Crippen molar-refractivity contribution in [1.82, 2.24) is 5.32 Å². The van der Waals surface area contributed by atoms with Gasteiger partial charge in [-0.3, -0.25) is 0 Å². The predicted octanol–water partition coefficient (Wildman–Crippen LogP) is 3.95. The SMILES string of the molecule is O=C(Nc1ccc(Cl)c(Cl)c1)N[C@H]1COC2C1OC[C@H]2C#Cc1ccccc1. The monoisotopic (exact) mass is 416 g/mol. The number of hydrogen-bond acceptors (Lipinski definition) is 3. The molecule has 2 unspecified atom stereocenters. The van der Waals surface area contributed by atoms with Gasteiger partial charge in [-0.1, -0.05) is 53.2 Å². The van der Waals surface area contributed by atoms with Gasteiger partial charge in [-0.25, -0.2) is 4.79 Å². The van der Waals surface area contributed by atoms with Crippen LogP contribution in [0.3, 0.4) is 0 Å². The van der Waals surface area contributed by atoms with Crippen LogP contribution in [-0.2, 0) is 9.47 Å². The minimum Gasteiger partial charge on any atom is -0.372 e. The first kappa shape index (κ1) is 19.1. The summed E-state index contributed by atoms with van der Waals surface area (Å²) in [6.07, 6.45) is -0.360. The molecule has 2 heterocycles. The Morgan fingerprint density at radius 2 is 1.79 bits per heavy atom. The zero-order valence-electron chi connectivity index (χ0n) is 14.8. The maximum atomic E-state index is 12.3. The van der Waals surface area contributed by atoms with E-state index in [9.17, 15) is 4.79 Å². The van der Waals surface area contributed by atoms with Crippen molar-refractivity contribution in [3.8, 4) is 11.8 Å². The molecule has 2 N–H and O–H groups in total. The summed E-state index contributed by atoms with van der Waals surface area (Å²) in [4.78, 5) is 12.3. The van der Waals surface area contributed by atoms with Gasteiger partial charge in [-0.15, -0.1) is 0 Å². The number of carbonyl (C=O) groups is 1. The summed E-state index contributed by atoms with van der Waals surface area (Å²) in [7, 11) is 0. The van der Waals surface area contributed by atoms with Crippen LogP contribution in [0.5, 0.6) is 0 Å². The van der Waals surface area contributed by atoms with Crippen molar-refractivity contribution in [2.24, 2.45) is 5.92 Å². The molecular formula is C21H18Cl2N2O3. The molecule has 2 saturated heterocycles. The summed E-state index contributed by atoms with van der Waals surface area (Å²) in [5.41, 5.74) is 1.51. The Hall–Kier alpha value is -2.23. The smallest absolute Gasteiger partial charge is 0.319 e. The van der Waals surface area contributed by atoms with Crippen molar-refractivity contribution in [3.63, 3.8) is 0 Å². The van der Waals surface area contributed by atoms with Crippen molar-refractivity contribution in [2.75, 3.05) is 18.5 Å². The molecule has 0 bridgehead atoms. The largest absolute Gasteiger partial charge is 0.372 e. The summed E-state index contributed by atoms with van der Waals surface area (Å²) in [5.74, 6) is 6.38. The van der Waals surface area contributed by atoms with Gasteiger partial charge in [0.2, 0.25) is 0 Å². The molecule has 2 fully saturated rings. The number of amides is 2. The molecule has 0 saturated carbocycles. The number of halogens is 2. The number of ether oxygens (including phenoxy) is 2. The molecule has 2 aliphatic rings. The predicted molar refractivity (Wildman–Crippen MR) is 109 cm³/mol. The number of carbonyl (C=O) groups excluding carboxylic acids is 1. The lowest BCUT2D eigenvalue weighted by molar-refractivity contribution is 0.0666. The van der Waals surface area contributed by atoms with E-state index in [2.05, 4.69) is 22.5 Å². The van der Waals surface area contributed by atoms with Crippen LogP contribution < -0.4 is 10.6 Å². The highest BCUT2D eigenvalue weighted by Crippen LogP contribution is 2.31. The number of urea groups is 1. The normalized spacial score (nSPS) is 25.5. The van der Waals surface area contributed by atoms with E-state index in [1.807, 2.05) is 30.3 Å².